The zero-order valence-electron chi connectivity index (χ0n) is 14.7. The van der Waals surface area contributed by atoms with E-state index in [0.29, 0.717) is 12.4 Å². The monoisotopic (exact) mass is 397 g/mol. The van der Waals surface area contributed by atoms with E-state index < -0.39 is 16.0 Å². The molecule has 0 saturated carbocycles. The van der Waals surface area contributed by atoms with Crippen molar-refractivity contribution in [3.8, 4) is 5.75 Å². The number of ether oxygens (including phenoxy) is 2. The van der Waals surface area contributed by atoms with Crippen molar-refractivity contribution in [3.05, 3.63) is 58.6 Å². The minimum Gasteiger partial charge on any atom is -0.423 e. The molecule has 0 aliphatic heterocycles. The topological polar surface area (TPSA) is 72.9 Å². The van der Waals surface area contributed by atoms with Crippen molar-refractivity contribution in [1.29, 1.82) is 0 Å². The lowest BCUT2D eigenvalue weighted by Crippen LogP contribution is -2.22. The molecule has 0 radical (unpaired) electrons. The average molecular weight is 398 g/mol. The highest BCUT2D eigenvalue weighted by atomic mass is 35.5. The second-order valence-electron chi connectivity index (χ2n) is 5.71. The summed E-state index contributed by atoms with van der Waals surface area (Å²) in [7, 11) is 0.767. The number of benzene rings is 2. The van der Waals surface area contributed by atoms with Crippen LogP contribution in [0.5, 0.6) is 5.75 Å². The Morgan fingerprint density at radius 2 is 1.77 bits per heavy atom. The van der Waals surface area contributed by atoms with Gasteiger partial charge in [-0.1, -0.05) is 23.7 Å². The molecular weight excluding hydrogens is 378 g/mol. The van der Waals surface area contributed by atoms with E-state index in [-0.39, 0.29) is 15.5 Å². The van der Waals surface area contributed by atoms with E-state index >= 15 is 0 Å². The molecule has 0 aromatic heterocycles. The predicted molar refractivity (Wildman–Crippen MR) is 99.3 cm³/mol. The van der Waals surface area contributed by atoms with Gasteiger partial charge >= 0.3 is 5.97 Å². The van der Waals surface area contributed by atoms with Gasteiger partial charge in [0.15, 0.2) is 0 Å². The zero-order valence-corrected chi connectivity index (χ0v) is 16.3. The van der Waals surface area contributed by atoms with Gasteiger partial charge in [-0.05, 0) is 42.3 Å². The number of esters is 1. The number of methoxy groups -OCH3 is 1. The number of sulfonamides is 1. The molecule has 0 amide bonds. The second-order valence-corrected chi connectivity index (χ2v) is 8.26. The minimum absolute atomic E-state index is 0.0157. The zero-order chi connectivity index (χ0) is 19.3. The van der Waals surface area contributed by atoms with Crippen LogP contribution in [-0.4, -0.2) is 46.5 Å². The Morgan fingerprint density at radius 3 is 2.35 bits per heavy atom. The molecule has 2 aromatic carbocycles. The smallest absolute Gasteiger partial charge is 0.345 e. The lowest BCUT2D eigenvalue weighted by atomic mass is 10.1. The standard InChI is InChI=1S/C18H20ClNO5S/c1-20(2)26(22,23)15-8-9-17(19)16(12-15)18(21)25-14-6-4-13(5-7-14)10-11-24-3/h4-9,12H,10-11H2,1-3H3. The molecule has 0 saturated heterocycles. The van der Waals surface area contributed by atoms with E-state index in [9.17, 15) is 13.2 Å². The molecule has 0 atom stereocenters. The van der Waals surface area contributed by atoms with E-state index in [2.05, 4.69) is 0 Å². The Labute approximate surface area is 158 Å². The van der Waals surface area contributed by atoms with Gasteiger partial charge in [-0.3, -0.25) is 0 Å². The van der Waals surface area contributed by atoms with Crippen molar-refractivity contribution >= 4 is 27.6 Å². The maximum atomic E-state index is 12.4. The molecule has 140 valence electrons. The SMILES string of the molecule is COCCc1ccc(OC(=O)c2cc(S(=O)(=O)N(C)C)ccc2Cl)cc1. The highest BCUT2D eigenvalue weighted by molar-refractivity contribution is 7.89. The third-order valence-electron chi connectivity index (χ3n) is 3.67. The highest BCUT2D eigenvalue weighted by Gasteiger charge is 2.21. The van der Waals surface area contributed by atoms with E-state index in [0.717, 1.165) is 16.3 Å². The fourth-order valence-electron chi connectivity index (χ4n) is 2.14. The molecule has 0 aliphatic carbocycles. The third kappa shape index (κ3) is 4.82. The summed E-state index contributed by atoms with van der Waals surface area (Å²) in [6.07, 6.45) is 0.751. The molecule has 0 fully saturated rings. The first kappa shape index (κ1) is 20.4. The summed E-state index contributed by atoms with van der Waals surface area (Å²) in [6.45, 7) is 0.599. The van der Waals surface area contributed by atoms with Crippen LogP contribution in [0.2, 0.25) is 5.02 Å². The maximum absolute atomic E-state index is 12.4. The molecule has 26 heavy (non-hydrogen) atoms. The van der Waals surface area contributed by atoms with Crippen molar-refractivity contribution in [2.24, 2.45) is 0 Å². The number of carbonyl (C=O) groups excluding carboxylic acids is 1. The van der Waals surface area contributed by atoms with Crippen molar-refractivity contribution < 1.29 is 22.7 Å². The van der Waals surface area contributed by atoms with Gasteiger partial charge in [0.05, 0.1) is 22.1 Å². The van der Waals surface area contributed by atoms with Crippen molar-refractivity contribution in [2.75, 3.05) is 27.8 Å². The van der Waals surface area contributed by atoms with Gasteiger partial charge < -0.3 is 9.47 Å². The van der Waals surface area contributed by atoms with E-state index in [1.54, 1.807) is 19.2 Å². The maximum Gasteiger partial charge on any atom is 0.345 e. The fraction of sp³-hybridized carbons (Fsp3) is 0.278. The molecule has 0 bridgehead atoms. The Hall–Kier alpha value is -1.93. The van der Waals surface area contributed by atoms with Crippen LogP contribution in [-0.2, 0) is 21.2 Å². The number of hydrogen-bond acceptors (Lipinski definition) is 5. The van der Waals surface area contributed by atoms with Gasteiger partial charge in [-0.15, -0.1) is 0 Å². The predicted octanol–water partition coefficient (Wildman–Crippen LogP) is 3.00. The van der Waals surface area contributed by atoms with E-state index in [1.165, 1.54) is 32.3 Å². The molecule has 8 heteroatoms. The van der Waals surface area contributed by atoms with Crippen LogP contribution >= 0.6 is 11.6 Å². The largest absolute Gasteiger partial charge is 0.423 e. The molecule has 0 unspecified atom stereocenters. The van der Waals surface area contributed by atoms with Gasteiger partial charge in [-0.2, -0.15) is 0 Å². The molecule has 2 rings (SSSR count). The molecule has 2 aromatic rings. The number of carbonyl (C=O) groups is 1. The van der Waals surface area contributed by atoms with Crippen LogP contribution in [0.1, 0.15) is 15.9 Å². The molecule has 0 aliphatic rings. The third-order valence-corrected chi connectivity index (χ3v) is 5.81. The Bertz CT molecular complexity index is 879. The van der Waals surface area contributed by atoms with Crippen molar-refractivity contribution in [2.45, 2.75) is 11.3 Å². The number of nitrogens with zero attached hydrogens (tertiary/aromatic N) is 1. The van der Waals surface area contributed by atoms with Crippen LogP contribution in [0.25, 0.3) is 0 Å². The molecule has 0 N–H and O–H groups in total. The number of hydrogen-bond donors (Lipinski definition) is 0. The summed E-state index contributed by atoms with van der Waals surface area (Å²) in [6, 6.07) is 10.9. The van der Waals surface area contributed by atoms with E-state index in [1.807, 2.05) is 12.1 Å². The Kier molecular flexibility index (Phi) is 6.77. The molecule has 0 spiro atoms. The summed E-state index contributed by atoms with van der Waals surface area (Å²) < 4.78 is 35.8. The van der Waals surface area contributed by atoms with Crippen LogP contribution in [0.4, 0.5) is 0 Å². The first-order valence-corrected chi connectivity index (χ1v) is 9.59. The van der Waals surface area contributed by atoms with Gasteiger partial charge in [0.2, 0.25) is 10.0 Å². The highest BCUT2D eigenvalue weighted by Crippen LogP contribution is 2.24. The van der Waals surface area contributed by atoms with Crippen LogP contribution in [0, 0.1) is 0 Å². The molecule has 0 heterocycles. The Balaban J connectivity index is 2.21. The summed E-state index contributed by atoms with van der Waals surface area (Å²) in [5, 5.41) is 0.115. The van der Waals surface area contributed by atoms with Gasteiger partial charge in [-0.25, -0.2) is 17.5 Å². The summed E-state index contributed by atoms with van der Waals surface area (Å²) in [5.41, 5.74) is 1.03. The number of rotatable bonds is 7. The van der Waals surface area contributed by atoms with Gasteiger partial charge in [0, 0.05) is 21.2 Å². The lowest BCUT2D eigenvalue weighted by molar-refractivity contribution is 0.0734. The first-order valence-electron chi connectivity index (χ1n) is 7.78. The molecular formula is C18H20ClNO5S. The number of halogens is 1. The molecule has 6 nitrogen and oxygen atoms in total. The summed E-state index contributed by atoms with van der Waals surface area (Å²) in [5.74, 6) is -0.386. The van der Waals surface area contributed by atoms with Crippen LogP contribution < -0.4 is 4.74 Å². The fourth-order valence-corrected chi connectivity index (χ4v) is 3.26. The van der Waals surface area contributed by atoms with Crippen LogP contribution in [0.15, 0.2) is 47.4 Å². The summed E-state index contributed by atoms with van der Waals surface area (Å²) >= 11 is 6.05. The van der Waals surface area contributed by atoms with E-state index in [4.69, 9.17) is 21.1 Å². The van der Waals surface area contributed by atoms with Crippen LogP contribution in [0.3, 0.4) is 0 Å². The Morgan fingerprint density at radius 1 is 1.12 bits per heavy atom. The average Bonchev–Trinajstić information content (AvgIpc) is 2.61. The van der Waals surface area contributed by atoms with Gasteiger partial charge in [0.25, 0.3) is 0 Å². The van der Waals surface area contributed by atoms with Gasteiger partial charge in [0.1, 0.15) is 5.75 Å². The quantitative estimate of drug-likeness (QED) is 0.530. The lowest BCUT2D eigenvalue weighted by Gasteiger charge is -2.13. The summed E-state index contributed by atoms with van der Waals surface area (Å²) in [4.78, 5) is 12.4. The normalized spacial score (nSPS) is 11.6. The first-order chi connectivity index (χ1) is 12.3. The minimum atomic E-state index is -3.68. The van der Waals surface area contributed by atoms with Crippen molar-refractivity contribution in [1.82, 2.24) is 4.31 Å². The van der Waals surface area contributed by atoms with Crippen molar-refractivity contribution in [3.63, 3.8) is 0 Å². The second kappa shape index (κ2) is 8.64.